The van der Waals surface area contributed by atoms with E-state index in [4.69, 9.17) is 4.74 Å². The summed E-state index contributed by atoms with van der Waals surface area (Å²) in [6.45, 7) is 6.24. The zero-order valence-corrected chi connectivity index (χ0v) is 11.5. The van der Waals surface area contributed by atoms with E-state index in [2.05, 4.69) is 15.9 Å². The van der Waals surface area contributed by atoms with Gasteiger partial charge in [-0.25, -0.2) is 0 Å². The van der Waals surface area contributed by atoms with Gasteiger partial charge in [-0.05, 0) is 38.0 Å². The Balaban J connectivity index is 2.83. The monoisotopic (exact) mass is 284 g/mol. The highest BCUT2D eigenvalue weighted by Gasteiger charge is 2.31. The molecule has 0 radical (unpaired) electrons. The molecule has 0 aliphatic heterocycles. The van der Waals surface area contributed by atoms with Crippen LogP contribution in [0.4, 0.5) is 0 Å². The van der Waals surface area contributed by atoms with Crippen molar-refractivity contribution in [1.82, 2.24) is 0 Å². The minimum absolute atomic E-state index is 0.170. The molecule has 1 aromatic carbocycles. The van der Waals surface area contributed by atoms with Crippen LogP contribution >= 0.6 is 15.9 Å². The first-order valence-electron chi connectivity index (χ1n) is 5.41. The molecule has 88 valence electrons. The Morgan fingerprint density at radius 2 is 1.88 bits per heavy atom. The number of ether oxygens (including phenoxy) is 1. The molecule has 1 aromatic rings. The van der Waals surface area contributed by atoms with Crippen LogP contribution in [0.3, 0.4) is 0 Å². The zero-order chi connectivity index (χ0) is 12.2. The van der Waals surface area contributed by atoms with Gasteiger partial charge in [-0.1, -0.05) is 35.0 Å². The molecule has 0 atom stereocenters. The van der Waals surface area contributed by atoms with Crippen LogP contribution in [0.25, 0.3) is 0 Å². The molecule has 2 nitrogen and oxygen atoms in total. The summed E-state index contributed by atoms with van der Waals surface area (Å²) in [6.07, 6.45) is 0.849. The van der Waals surface area contributed by atoms with E-state index in [0.29, 0.717) is 6.61 Å². The minimum Gasteiger partial charge on any atom is -0.465 e. The van der Waals surface area contributed by atoms with E-state index >= 15 is 0 Å². The van der Waals surface area contributed by atoms with Gasteiger partial charge >= 0.3 is 5.97 Å². The lowest BCUT2D eigenvalue weighted by Crippen LogP contribution is -2.31. The first-order valence-corrected chi connectivity index (χ1v) is 6.21. The summed E-state index contributed by atoms with van der Waals surface area (Å²) in [6, 6.07) is 7.75. The Hall–Kier alpha value is -0.830. The number of hydrogen-bond donors (Lipinski definition) is 0. The first-order chi connectivity index (χ1) is 7.48. The fourth-order valence-electron chi connectivity index (χ4n) is 1.36. The molecule has 1 rings (SSSR count). The second-order valence-corrected chi connectivity index (χ2v) is 5.18. The van der Waals surface area contributed by atoms with Crippen LogP contribution in [-0.2, 0) is 14.9 Å². The van der Waals surface area contributed by atoms with E-state index in [-0.39, 0.29) is 5.97 Å². The fraction of sp³-hybridized carbons (Fsp3) is 0.462. The Morgan fingerprint density at radius 1 is 1.31 bits per heavy atom. The van der Waals surface area contributed by atoms with Gasteiger partial charge in [0.2, 0.25) is 0 Å². The Kier molecular flexibility index (Phi) is 4.54. The smallest absolute Gasteiger partial charge is 0.315 e. The number of halogens is 1. The summed E-state index contributed by atoms with van der Waals surface area (Å²) < 4.78 is 6.20. The van der Waals surface area contributed by atoms with Gasteiger partial charge in [-0.15, -0.1) is 0 Å². The number of carbonyl (C=O) groups is 1. The van der Waals surface area contributed by atoms with Crippen LogP contribution in [0.1, 0.15) is 32.8 Å². The van der Waals surface area contributed by atoms with Crippen LogP contribution in [0.15, 0.2) is 28.7 Å². The van der Waals surface area contributed by atoms with Crippen molar-refractivity contribution in [3.8, 4) is 0 Å². The molecule has 0 fully saturated rings. The molecule has 3 heteroatoms. The maximum Gasteiger partial charge on any atom is 0.315 e. The molecule has 0 N–H and O–H groups in total. The van der Waals surface area contributed by atoms with Gasteiger partial charge in [0, 0.05) is 4.47 Å². The maximum absolute atomic E-state index is 11.9. The zero-order valence-electron chi connectivity index (χ0n) is 9.92. The van der Waals surface area contributed by atoms with Gasteiger partial charge in [-0.3, -0.25) is 4.79 Å². The molecule has 0 spiro atoms. The predicted molar refractivity (Wildman–Crippen MR) is 68.4 cm³/mol. The largest absolute Gasteiger partial charge is 0.465 e. The van der Waals surface area contributed by atoms with E-state index in [1.165, 1.54) is 0 Å². The van der Waals surface area contributed by atoms with Crippen molar-refractivity contribution in [2.24, 2.45) is 0 Å². The van der Waals surface area contributed by atoms with Gasteiger partial charge in [-0.2, -0.15) is 0 Å². The quantitative estimate of drug-likeness (QED) is 0.789. The lowest BCUT2D eigenvalue weighted by Gasteiger charge is -2.23. The first kappa shape index (κ1) is 13.2. The van der Waals surface area contributed by atoms with Crippen molar-refractivity contribution in [3.63, 3.8) is 0 Å². The lowest BCUT2D eigenvalue weighted by atomic mass is 9.85. The molecule has 0 amide bonds. The fourth-order valence-corrected chi connectivity index (χ4v) is 1.62. The van der Waals surface area contributed by atoms with Gasteiger partial charge in [0.1, 0.15) is 0 Å². The highest BCUT2D eigenvalue weighted by atomic mass is 79.9. The Labute approximate surface area is 105 Å². The number of benzene rings is 1. The minimum atomic E-state index is -0.587. The Bertz CT molecular complexity index is 355. The summed E-state index contributed by atoms with van der Waals surface area (Å²) in [7, 11) is 0. The van der Waals surface area contributed by atoms with Gasteiger partial charge in [0.05, 0.1) is 12.0 Å². The van der Waals surface area contributed by atoms with Crippen molar-refractivity contribution < 1.29 is 9.53 Å². The SMILES string of the molecule is CCCOC(=O)C(C)(C)c1ccc(Br)cc1. The van der Waals surface area contributed by atoms with Crippen molar-refractivity contribution in [1.29, 1.82) is 0 Å². The molecule has 0 bridgehead atoms. The van der Waals surface area contributed by atoms with Crippen LogP contribution in [0.2, 0.25) is 0 Å². The van der Waals surface area contributed by atoms with E-state index in [9.17, 15) is 4.79 Å². The van der Waals surface area contributed by atoms with Crippen LogP contribution in [0.5, 0.6) is 0 Å². The molecule has 0 heterocycles. The van der Waals surface area contributed by atoms with E-state index < -0.39 is 5.41 Å². The summed E-state index contributed by atoms with van der Waals surface area (Å²) >= 11 is 3.37. The van der Waals surface area contributed by atoms with E-state index in [1.54, 1.807) is 0 Å². The van der Waals surface area contributed by atoms with Crippen molar-refractivity contribution >= 4 is 21.9 Å². The molecule has 0 aromatic heterocycles. The van der Waals surface area contributed by atoms with Gasteiger partial charge in [0.15, 0.2) is 0 Å². The molecule has 0 saturated heterocycles. The van der Waals surface area contributed by atoms with Gasteiger partial charge < -0.3 is 4.74 Å². The third-order valence-electron chi connectivity index (χ3n) is 2.51. The average Bonchev–Trinajstić information content (AvgIpc) is 2.26. The summed E-state index contributed by atoms with van der Waals surface area (Å²) in [5.41, 5.74) is 0.382. The van der Waals surface area contributed by atoms with Gasteiger partial charge in [0.25, 0.3) is 0 Å². The molecule has 0 aliphatic carbocycles. The second kappa shape index (κ2) is 5.48. The van der Waals surface area contributed by atoms with Crippen LogP contribution in [-0.4, -0.2) is 12.6 Å². The summed E-state index contributed by atoms with van der Waals surface area (Å²) in [5, 5.41) is 0. The number of hydrogen-bond acceptors (Lipinski definition) is 2. The van der Waals surface area contributed by atoms with E-state index in [0.717, 1.165) is 16.5 Å². The molecular weight excluding hydrogens is 268 g/mol. The third-order valence-corrected chi connectivity index (χ3v) is 3.04. The second-order valence-electron chi connectivity index (χ2n) is 4.27. The molecular formula is C13H17BrO2. The Morgan fingerprint density at radius 3 is 2.38 bits per heavy atom. The lowest BCUT2D eigenvalue weighted by molar-refractivity contribution is -0.149. The van der Waals surface area contributed by atoms with Crippen molar-refractivity contribution in [2.45, 2.75) is 32.6 Å². The maximum atomic E-state index is 11.9. The highest BCUT2D eigenvalue weighted by molar-refractivity contribution is 9.10. The third kappa shape index (κ3) is 3.08. The molecule has 16 heavy (non-hydrogen) atoms. The van der Waals surface area contributed by atoms with Crippen molar-refractivity contribution in [3.05, 3.63) is 34.3 Å². The number of carbonyl (C=O) groups excluding carboxylic acids is 1. The van der Waals surface area contributed by atoms with E-state index in [1.807, 2.05) is 45.0 Å². The topological polar surface area (TPSA) is 26.3 Å². The standard InChI is InChI=1S/C13H17BrO2/c1-4-9-16-12(15)13(2,3)10-5-7-11(14)8-6-10/h5-8H,4,9H2,1-3H3. The number of esters is 1. The van der Waals surface area contributed by atoms with Crippen molar-refractivity contribution in [2.75, 3.05) is 6.61 Å². The summed E-state index contributed by atoms with van der Waals surface area (Å²) in [5.74, 6) is -0.170. The van der Waals surface area contributed by atoms with Crippen LogP contribution in [0, 0.1) is 0 Å². The summed E-state index contributed by atoms with van der Waals surface area (Å²) in [4.78, 5) is 11.9. The van der Waals surface area contributed by atoms with Crippen LogP contribution < -0.4 is 0 Å². The normalized spacial score (nSPS) is 11.2. The number of rotatable bonds is 4. The average molecular weight is 285 g/mol. The predicted octanol–water partition coefficient (Wildman–Crippen LogP) is 3.68. The molecule has 0 aliphatic rings. The highest BCUT2D eigenvalue weighted by Crippen LogP contribution is 2.26. The molecule has 0 unspecified atom stereocenters. The molecule has 0 saturated carbocycles.